The van der Waals surface area contributed by atoms with E-state index >= 15 is 4.39 Å². The number of halogens is 2. The molecule has 1 unspecified atom stereocenters. The van der Waals surface area contributed by atoms with Crippen molar-refractivity contribution < 1.29 is 27.9 Å². The smallest absolute Gasteiger partial charge is 0.277 e. The van der Waals surface area contributed by atoms with E-state index in [0.29, 0.717) is 16.9 Å². The molecule has 1 aliphatic rings. The number of benzene rings is 2. The second kappa shape index (κ2) is 8.46. The number of nitrogens with zero attached hydrogens (tertiary/aromatic N) is 1. The van der Waals surface area contributed by atoms with E-state index in [0.717, 1.165) is 0 Å². The van der Waals surface area contributed by atoms with Crippen LogP contribution in [0.2, 0.25) is 0 Å². The number of carbonyl (C=O) groups excluding carboxylic acids is 1. The van der Waals surface area contributed by atoms with Crippen LogP contribution in [0.15, 0.2) is 29.8 Å². The molecule has 0 spiro atoms. The van der Waals surface area contributed by atoms with E-state index < -0.39 is 23.3 Å². The Labute approximate surface area is 181 Å². The van der Waals surface area contributed by atoms with E-state index in [1.165, 1.54) is 35.0 Å². The summed E-state index contributed by atoms with van der Waals surface area (Å²) in [6, 6.07) is 5.96. The van der Waals surface area contributed by atoms with Crippen LogP contribution in [0, 0.1) is 18.6 Å². The summed E-state index contributed by atoms with van der Waals surface area (Å²) < 4.78 is 41.0. The topological polar surface area (TPSA) is 81.7 Å². The fourth-order valence-corrected chi connectivity index (χ4v) is 3.93. The highest BCUT2D eigenvalue weighted by Gasteiger charge is 2.33. The molecule has 2 N–H and O–H groups in total. The van der Waals surface area contributed by atoms with Crippen LogP contribution in [-0.2, 0) is 14.3 Å². The minimum absolute atomic E-state index is 0.0350. The van der Waals surface area contributed by atoms with Gasteiger partial charge in [-0.15, -0.1) is 11.3 Å². The minimum atomic E-state index is -0.752. The van der Waals surface area contributed by atoms with Gasteiger partial charge in [-0.2, -0.15) is 0 Å². The van der Waals surface area contributed by atoms with Gasteiger partial charge in [0.15, 0.2) is 11.6 Å². The van der Waals surface area contributed by atoms with Crippen LogP contribution in [0.5, 0.6) is 0 Å². The molecule has 1 atom stereocenters. The van der Waals surface area contributed by atoms with E-state index in [-0.39, 0.29) is 35.2 Å². The van der Waals surface area contributed by atoms with E-state index in [1.54, 1.807) is 26.8 Å². The first kappa shape index (κ1) is 21.6. The molecule has 10 heteroatoms. The first-order chi connectivity index (χ1) is 14.7. The van der Waals surface area contributed by atoms with Gasteiger partial charge in [0.05, 0.1) is 33.8 Å². The average molecular weight is 449 g/mol. The van der Waals surface area contributed by atoms with Crippen molar-refractivity contribution in [3.8, 4) is 0 Å². The highest BCUT2D eigenvalue weighted by molar-refractivity contribution is 7.16. The number of fused-ring (bicyclic) bond motifs is 1. The van der Waals surface area contributed by atoms with E-state index in [9.17, 15) is 9.18 Å². The molecule has 164 valence electrons. The lowest BCUT2D eigenvalue weighted by atomic mass is 10.1. The molecule has 1 saturated heterocycles. The zero-order chi connectivity index (χ0) is 22.2. The Morgan fingerprint density at radius 2 is 2.16 bits per heavy atom. The van der Waals surface area contributed by atoms with Crippen molar-refractivity contribution in [2.24, 2.45) is 0 Å². The Kier molecular flexibility index (Phi) is 5.89. The van der Waals surface area contributed by atoms with Crippen LogP contribution in [-0.4, -0.2) is 36.0 Å². The highest BCUT2D eigenvalue weighted by Crippen LogP contribution is 2.33. The molecule has 1 amide bonds. The maximum Gasteiger partial charge on any atom is 0.277 e. The van der Waals surface area contributed by atoms with E-state index in [2.05, 4.69) is 15.8 Å². The molecule has 1 aliphatic heterocycles. The van der Waals surface area contributed by atoms with Gasteiger partial charge < -0.3 is 14.8 Å². The van der Waals surface area contributed by atoms with E-state index in [1.807, 2.05) is 0 Å². The quantitative estimate of drug-likeness (QED) is 0.542. The van der Waals surface area contributed by atoms with Crippen molar-refractivity contribution in [2.75, 3.05) is 18.5 Å². The van der Waals surface area contributed by atoms with Crippen molar-refractivity contribution in [3.63, 3.8) is 0 Å². The summed E-state index contributed by atoms with van der Waals surface area (Å²) >= 11 is 1.19. The maximum absolute atomic E-state index is 15.2. The van der Waals surface area contributed by atoms with Gasteiger partial charge in [0.25, 0.3) is 5.91 Å². The van der Waals surface area contributed by atoms with Gasteiger partial charge in [-0.1, -0.05) is 6.07 Å². The third-order valence-electron chi connectivity index (χ3n) is 4.70. The fraction of sp³-hybridized carbons (Fsp3) is 0.333. The molecule has 31 heavy (non-hydrogen) atoms. The van der Waals surface area contributed by atoms with Crippen molar-refractivity contribution in [3.05, 3.63) is 52.5 Å². The largest absolute Gasteiger partial charge is 0.350 e. The SMILES string of the molecule is Cc1ccc(Nc2c(C(=O)NOCC3COC(C)(C)O3)cc3scnc3c2F)c(F)c1. The molecule has 0 aliphatic carbocycles. The predicted molar refractivity (Wildman–Crippen MR) is 112 cm³/mol. The Morgan fingerprint density at radius 1 is 1.35 bits per heavy atom. The molecule has 1 aromatic heterocycles. The summed E-state index contributed by atoms with van der Waals surface area (Å²) in [5.41, 5.74) is 4.38. The molecular formula is C21H21F2N3O4S. The zero-order valence-corrected chi connectivity index (χ0v) is 17.9. The molecule has 7 nitrogen and oxygen atoms in total. The Morgan fingerprint density at radius 3 is 2.87 bits per heavy atom. The first-order valence-corrected chi connectivity index (χ1v) is 10.4. The predicted octanol–water partition coefficient (Wildman–Crippen LogP) is 4.44. The standard InChI is InChI=1S/C21H21F2N3O4S/c1-11-4-5-15(14(22)6-11)25-18-13(7-16-19(17(18)23)24-10-31-16)20(27)26-29-9-12-8-28-21(2,3)30-12/h4-7,10,12,25H,8-9H2,1-3H3,(H,26,27). The van der Waals surface area contributed by atoms with Gasteiger partial charge in [0.1, 0.15) is 24.0 Å². The summed E-state index contributed by atoms with van der Waals surface area (Å²) in [5.74, 6) is -2.73. The summed E-state index contributed by atoms with van der Waals surface area (Å²) in [4.78, 5) is 22.1. The number of hydroxylamine groups is 1. The van der Waals surface area contributed by atoms with Gasteiger partial charge in [0, 0.05) is 0 Å². The Balaban J connectivity index is 1.57. The number of anilines is 2. The van der Waals surface area contributed by atoms with Crippen molar-refractivity contribution >= 4 is 38.8 Å². The highest BCUT2D eigenvalue weighted by atomic mass is 32.1. The number of hydrogen-bond acceptors (Lipinski definition) is 7. The number of aryl methyl sites for hydroxylation is 1. The number of carbonyl (C=O) groups is 1. The molecule has 4 rings (SSSR count). The summed E-state index contributed by atoms with van der Waals surface area (Å²) in [6.45, 7) is 5.67. The molecule has 1 fully saturated rings. The van der Waals surface area contributed by atoms with Crippen molar-refractivity contribution in [1.29, 1.82) is 0 Å². The van der Waals surface area contributed by atoms with Crippen molar-refractivity contribution in [1.82, 2.24) is 10.5 Å². The molecule has 0 saturated carbocycles. The molecule has 0 radical (unpaired) electrons. The minimum Gasteiger partial charge on any atom is -0.350 e. The Hall–Kier alpha value is -2.66. The number of aromatic nitrogens is 1. The van der Waals surface area contributed by atoms with Gasteiger partial charge in [-0.3, -0.25) is 9.63 Å². The number of ether oxygens (including phenoxy) is 2. The van der Waals surface area contributed by atoms with Crippen molar-refractivity contribution in [2.45, 2.75) is 32.7 Å². The number of thiazole rings is 1. The molecule has 2 heterocycles. The van der Waals surface area contributed by atoms with Crippen LogP contribution in [0.4, 0.5) is 20.2 Å². The first-order valence-electron chi connectivity index (χ1n) is 9.56. The lowest BCUT2D eigenvalue weighted by molar-refractivity contribution is -0.147. The van der Waals surface area contributed by atoms with E-state index in [4.69, 9.17) is 14.3 Å². The van der Waals surface area contributed by atoms with Gasteiger partial charge >= 0.3 is 0 Å². The number of hydrogen-bond donors (Lipinski definition) is 2. The molecule has 2 aromatic carbocycles. The van der Waals surface area contributed by atoms with Crippen LogP contribution in [0.25, 0.3) is 10.2 Å². The third-order valence-corrected chi connectivity index (χ3v) is 5.47. The van der Waals surface area contributed by atoms with Crippen LogP contribution in [0.3, 0.4) is 0 Å². The lowest BCUT2D eigenvalue weighted by Crippen LogP contribution is -2.31. The number of nitrogens with one attached hydrogen (secondary N) is 2. The molecule has 0 bridgehead atoms. The Bertz CT molecular complexity index is 1140. The second-order valence-corrected chi connectivity index (χ2v) is 8.50. The average Bonchev–Trinajstić information content (AvgIpc) is 3.31. The van der Waals surface area contributed by atoms with Gasteiger partial charge in [0.2, 0.25) is 0 Å². The number of amides is 1. The van der Waals surface area contributed by atoms with Crippen LogP contribution in [0.1, 0.15) is 29.8 Å². The summed E-state index contributed by atoms with van der Waals surface area (Å²) in [5, 5.41) is 2.70. The monoisotopic (exact) mass is 449 g/mol. The number of rotatable bonds is 6. The van der Waals surface area contributed by atoms with Gasteiger partial charge in [-0.25, -0.2) is 19.2 Å². The zero-order valence-electron chi connectivity index (χ0n) is 17.1. The normalized spacial score (nSPS) is 17.8. The lowest BCUT2D eigenvalue weighted by Gasteiger charge is -2.17. The second-order valence-electron chi connectivity index (χ2n) is 7.61. The van der Waals surface area contributed by atoms with Crippen LogP contribution >= 0.6 is 11.3 Å². The summed E-state index contributed by atoms with van der Waals surface area (Å²) in [6.07, 6.45) is -0.352. The maximum atomic E-state index is 15.2. The van der Waals surface area contributed by atoms with Crippen LogP contribution < -0.4 is 10.8 Å². The molecular weight excluding hydrogens is 428 g/mol. The third kappa shape index (κ3) is 4.67. The van der Waals surface area contributed by atoms with Gasteiger partial charge in [-0.05, 0) is 44.5 Å². The molecule has 3 aromatic rings. The fourth-order valence-electron chi connectivity index (χ4n) is 3.22. The summed E-state index contributed by atoms with van der Waals surface area (Å²) in [7, 11) is 0.